The van der Waals surface area contributed by atoms with Crippen LogP contribution in [0.3, 0.4) is 0 Å². The van der Waals surface area contributed by atoms with Crippen molar-refractivity contribution in [3.63, 3.8) is 0 Å². The third-order valence-electron chi connectivity index (χ3n) is 5.45. The Hall–Kier alpha value is -3.89. The Kier molecular flexibility index (Phi) is 6.51. The molecule has 0 unspecified atom stereocenters. The number of anilines is 1. The summed E-state index contributed by atoms with van der Waals surface area (Å²) in [7, 11) is 0. The van der Waals surface area contributed by atoms with Crippen molar-refractivity contribution in [2.45, 2.75) is 39.4 Å². The number of aryl methyl sites for hydroxylation is 1. The van der Waals surface area contributed by atoms with Crippen LogP contribution in [-0.2, 0) is 30.4 Å². The van der Waals surface area contributed by atoms with Crippen LogP contribution in [0.25, 0.3) is 0 Å². The highest BCUT2D eigenvalue weighted by molar-refractivity contribution is 5.91. The SMILES string of the molecule is CCN1Cc2c(Oc3ccc(CC(=O)Cc4cc(C)oc4C(F)(F)F)cc3F)ccnc2NC1=O. The Balaban J connectivity index is 1.48. The van der Waals surface area contributed by atoms with Crippen LogP contribution in [0.4, 0.5) is 28.2 Å². The van der Waals surface area contributed by atoms with Crippen LogP contribution in [0, 0.1) is 12.7 Å². The summed E-state index contributed by atoms with van der Waals surface area (Å²) in [5.74, 6) is -1.89. The standard InChI is InChI=1S/C24H21F4N3O4/c1-3-31-12-17-19(6-7-29-22(17)30-23(31)33)35-20-5-4-14(10-18(20)25)9-16(32)11-15-8-13(2)34-21(15)24(26,27)28/h4-8,10H,3,9,11-12H2,1-2H3,(H,29,30,33). The first-order chi connectivity index (χ1) is 16.5. The van der Waals surface area contributed by atoms with E-state index in [2.05, 4.69) is 10.3 Å². The lowest BCUT2D eigenvalue weighted by Crippen LogP contribution is -2.38. The number of nitrogens with one attached hydrogen (secondary N) is 1. The first-order valence-corrected chi connectivity index (χ1v) is 10.7. The van der Waals surface area contributed by atoms with Gasteiger partial charge in [-0.3, -0.25) is 10.1 Å². The zero-order chi connectivity index (χ0) is 25.3. The maximum absolute atomic E-state index is 14.8. The minimum Gasteiger partial charge on any atom is -0.456 e. The van der Waals surface area contributed by atoms with Gasteiger partial charge in [-0.1, -0.05) is 6.07 Å². The van der Waals surface area contributed by atoms with Crippen LogP contribution in [0.1, 0.15) is 35.1 Å². The van der Waals surface area contributed by atoms with Crippen molar-refractivity contribution in [2.24, 2.45) is 0 Å². The van der Waals surface area contributed by atoms with Gasteiger partial charge in [0.15, 0.2) is 11.6 Å². The molecule has 0 spiro atoms. The number of halogens is 4. The highest BCUT2D eigenvalue weighted by Gasteiger charge is 2.38. The summed E-state index contributed by atoms with van der Waals surface area (Å²) in [5.41, 5.74) is 0.620. The average molecular weight is 491 g/mol. The number of amides is 2. The smallest absolute Gasteiger partial charge is 0.449 e. The van der Waals surface area contributed by atoms with Gasteiger partial charge < -0.3 is 14.1 Å². The van der Waals surface area contributed by atoms with Crippen molar-refractivity contribution >= 4 is 17.6 Å². The highest BCUT2D eigenvalue weighted by Crippen LogP contribution is 2.35. The summed E-state index contributed by atoms with van der Waals surface area (Å²) >= 11 is 0. The molecular formula is C24H21F4N3O4. The highest BCUT2D eigenvalue weighted by atomic mass is 19.4. The van der Waals surface area contributed by atoms with Crippen LogP contribution >= 0.6 is 0 Å². The summed E-state index contributed by atoms with van der Waals surface area (Å²) in [6.07, 6.45) is -4.04. The molecular weight excluding hydrogens is 470 g/mol. The number of ketones is 1. The van der Waals surface area contributed by atoms with Gasteiger partial charge in [-0.2, -0.15) is 13.2 Å². The second-order valence-corrected chi connectivity index (χ2v) is 8.05. The predicted molar refractivity (Wildman–Crippen MR) is 117 cm³/mol. The fourth-order valence-corrected chi connectivity index (χ4v) is 3.83. The maximum Gasteiger partial charge on any atom is 0.449 e. The number of ether oxygens (including phenoxy) is 1. The Bertz CT molecular complexity index is 1290. The second-order valence-electron chi connectivity index (χ2n) is 8.05. The van der Waals surface area contributed by atoms with E-state index < -0.39 is 30.0 Å². The molecule has 4 rings (SSSR count). The lowest BCUT2D eigenvalue weighted by molar-refractivity contribution is -0.154. The fourth-order valence-electron chi connectivity index (χ4n) is 3.83. The van der Waals surface area contributed by atoms with Gasteiger partial charge in [-0.15, -0.1) is 0 Å². The number of benzene rings is 1. The number of carbonyl (C=O) groups is 2. The maximum atomic E-state index is 14.8. The molecule has 0 aliphatic carbocycles. The summed E-state index contributed by atoms with van der Waals surface area (Å²) in [6, 6.07) is 6.34. The molecule has 3 heterocycles. The molecule has 0 saturated heterocycles. The van der Waals surface area contributed by atoms with E-state index in [0.29, 0.717) is 23.7 Å². The number of alkyl halides is 3. The quantitative estimate of drug-likeness (QED) is 0.432. The van der Waals surface area contributed by atoms with E-state index in [4.69, 9.17) is 9.15 Å². The number of fused-ring (bicyclic) bond motifs is 1. The van der Waals surface area contributed by atoms with E-state index in [0.717, 1.165) is 6.07 Å². The third kappa shape index (κ3) is 5.28. The number of carbonyl (C=O) groups excluding carboxylic acids is 2. The van der Waals surface area contributed by atoms with Crippen LogP contribution < -0.4 is 10.1 Å². The molecule has 0 radical (unpaired) electrons. The average Bonchev–Trinajstić information content (AvgIpc) is 3.15. The third-order valence-corrected chi connectivity index (χ3v) is 5.45. The Labute approximate surface area is 197 Å². The van der Waals surface area contributed by atoms with Crippen molar-refractivity contribution in [3.8, 4) is 11.5 Å². The predicted octanol–water partition coefficient (Wildman–Crippen LogP) is 5.65. The molecule has 0 fully saturated rings. The molecule has 2 amide bonds. The zero-order valence-corrected chi connectivity index (χ0v) is 18.8. The summed E-state index contributed by atoms with van der Waals surface area (Å²) in [6.45, 7) is 3.88. The minimum atomic E-state index is -4.71. The molecule has 1 N–H and O–H groups in total. The zero-order valence-electron chi connectivity index (χ0n) is 18.8. The molecule has 1 aliphatic rings. The van der Waals surface area contributed by atoms with Gasteiger partial charge in [-0.25, -0.2) is 14.2 Å². The number of urea groups is 1. The molecule has 184 valence electrons. The van der Waals surface area contributed by atoms with Gasteiger partial charge in [0.2, 0.25) is 5.76 Å². The molecule has 35 heavy (non-hydrogen) atoms. The van der Waals surface area contributed by atoms with Gasteiger partial charge in [0.1, 0.15) is 23.1 Å². The van der Waals surface area contributed by atoms with E-state index in [1.807, 2.05) is 6.92 Å². The molecule has 7 nitrogen and oxygen atoms in total. The molecule has 1 aromatic carbocycles. The largest absolute Gasteiger partial charge is 0.456 e. The van der Waals surface area contributed by atoms with Crippen LogP contribution in [0.5, 0.6) is 11.5 Å². The van der Waals surface area contributed by atoms with Gasteiger partial charge in [0.25, 0.3) is 0 Å². The van der Waals surface area contributed by atoms with Crippen LogP contribution in [0.2, 0.25) is 0 Å². The summed E-state index contributed by atoms with van der Waals surface area (Å²) in [4.78, 5) is 30.1. The summed E-state index contributed by atoms with van der Waals surface area (Å²) < 4.78 is 64.5. The van der Waals surface area contributed by atoms with E-state index in [9.17, 15) is 27.2 Å². The number of aromatic nitrogens is 1. The van der Waals surface area contributed by atoms with Gasteiger partial charge in [0, 0.05) is 31.1 Å². The number of Topliss-reactive ketones (excluding diaryl/α,β-unsaturated/α-hetero) is 1. The topological polar surface area (TPSA) is 84.7 Å². The number of rotatable bonds is 7. The Morgan fingerprint density at radius 2 is 1.97 bits per heavy atom. The first-order valence-electron chi connectivity index (χ1n) is 10.7. The molecule has 2 aromatic heterocycles. The molecule has 0 atom stereocenters. The van der Waals surface area contributed by atoms with Gasteiger partial charge in [-0.05, 0) is 43.7 Å². The Morgan fingerprint density at radius 3 is 2.66 bits per heavy atom. The number of nitrogens with zero attached hydrogens (tertiary/aromatic N) is 2. The van der Waals surface area contributed by atoms with Crippen LogP contribution in [-0.4, -0.2) is 28.2 Å². The molecule has 11 heteroatoms. The first kappa shape index (κ1) is 24.2. The molecule has 1 aliphatic heterocycles. The lowest BCUT2D eigenvalue weighted by Gasteiger charge is -2.28. The fraction of sp³-hybridized carbons (Fsp3) is 0.292. The van der Waals surface area contributed by atoms with Crippen molar-refractivity contribution in [1.82, 2.24) is 9.88 Å². The van der Waals surface area contributed by atoms with E-state index >= 15 is 0 Å². The number of hydrogen-bond acceptors (Lipinski definition) is 5. The van der Waals surface area contributed by atoms with E-state index in [1.165, 1.54) is 36.2 Å². The lowest BCUT2D eigenvalue weighted by atomic mass is 10.0. The van der Waals surface area contributed by atoms with Crippen molar-refractivity contribution in [2.75, 3.05) is 11.9 Å². The number of pyridine rings is 1. The van der Waals surface area contributed by atoms with Crippen molar-refractivity contribution in [1.29, 1.82) is 0 Å². The van der Waals surface area contributed by atoms with Crippen molar-refractivity contribution in [3.05, 3.63) is 70.6 Å². The minimum absolute atomic E-state index is 0.0487. The number of hydrogen-bond donors (Lipinski definition) is 1. The summed E-state index contributed by atoms with van der Waals surface area (Å²) in [5, 5.41) is 2.65. The van der Waals surface area contributed by atoms with E-state index in [-0.39, 0.29) is 41.6 Å². The molecule has 0 bridgehead atoms. The van der Waals surface area contributed by atoms with Gasteiger partial charge in [0.05, 0.1) is 12.1 Å². The van der Waals surface area contributed by atoms with E-state index in [1.54, 1.807) is 6.07 Å². The van der Waals surface area contributed by atoms with Crippen LogP contribution in [0.15, 0.2) is 40.9 Å². The number of furan rings is 1. The van der Waals surface area contributed by atoms with Crippen molar-refractivity contribution < 1.29 is 36.3 Å². The molecule has 0 saturated carbocycles. The molecule has 3 aromatic rings. The monoisotopic (exact) mass is 491 g/mol. The Morgan fingerprint density at radius 1 is 1.20 bits per heavy atom. The second kappa shape index (κ2) is 9.40. The normalized spacial score (nSPS) is 13.4. The van der Waals surface area contributed by atoms with Gasteiger partial charge >= 0.3 is 12.2 Å².